The lowest BCUT2D eigenvalue weighted by molar-refractivity contribution is 0.265. The van der Waals surface area contributed by atoms with Gasteiger partial charge >= 0.3 is 7.12 Å². The summed E-state index contributed by atoms with van der Waals surface area (Å²) in [4.78, 5) is 0. The summed E-state index contributed by atoms with van der Waals surface area (Å²) in [5.41, 5.74) is 6.02. The van der Waals surface area contributed by atoms with Gasteiger partial charge in [-0.25, -0.2) is 0 Å². The van der Waals surface area contributed by atoms with Crippen molar-refractivity contribution in [3.8, 4) is 11.8 Å². The van der Waals surface area contributed by atoms with Gasteiger partial charge < -0.3 is 20.1 Å². The molecule has 1 aliphatic rings. The summed E-state index contributed by atoms with van der Waals surface area (Å²) < 4.78 is 10.5. The highest BCUT2D eigenvalue weighted by Crippen LogP contribution is 2.27. The molecule has 0 amide bonds. The first-order valence-corrected chi connectivity index (χ1v) is 5.76. The Balaban J connectivity index is 2.20. The van der Waals surface area contributed by atoms with Gasteiger partial charge in [0.2, 0.25) is 0 Å². The number of nitriles is 1. The average Bonchev–Trinajstić information content (AvgIpc) is 2.68. The van der Waals surface area contributed by atoms with E-state index in [1.807, 2.05) is 6.07 Å². The summed E-state index contributed by atoms with van der Waals surface area (Å²) in [5, 5.41) is 18.8. The van der Waals surface area contributed by atoms with Gasteiger partial charge in [-0.1, -0.05) is 11.6 Å². The topological polar surface area (TPSA) is 88.5 Å². The minimum Gasteiger partial charge on any atom is -0.489 e. The van der Waals surface area contributed by atoms with Gasteiger partial charge in [-0.3, -0.25) is 0 Å². The fraction of sp³-hybridized carbons (Fsp3) is 0.364. The van der Waals surface area contributed by atoms with Crippen molar-refractivity contribution in [1.82, 2.24) is 0 Å². The summed E-state index contributed by atoms with van der Waals surface area (Å²) in [6, 6.07) is 5.22. The molecule has 1 atom stereocenters. The Kier molecular flexibility index (Phi) is 3.50. The van der Waals surface area contributed by atoms with Gasteiger partial charge in [-0.15, -0.1) is 0 Å². The first kappa shape index (κ1) is 13.2. The number of nitrogens with two attached hydrogens (primary N) is 1. The molecule has 0 spiro atoms. The largest absolute Gasteiger partial charge is 0.491 e. The van der Waals surface area contributed by atoms with E-state index in [1.54, 1.807) is 19.1 Å². The molecule has 5 nitrogen and oxygen atoms in total. The lowest BCUT2D eigenvalue weighted by atomic mass is 9.79. The Hall–Kier alpha value is -1.26. The second kappa shape index (κ2) is 4.79. The normalized spacial score (nSPS) is 16.9. The minimum atomic E-state index is -1.09. The van der Waals surface area contributed by atoms with Crippen molar-refractivity contribution in [3.05, 3.63) is 22.7 Å². The van der Waals surface area contributed by atoms with Crippen molar-refractivity contribution in [2.45, 2.75) is 19.1 Å². The van der Waals surface area contributed by atoms with Crippen LogP contribution in [0.5, 0.6) is 5.75 Å². The van der Waals surface area contributed by atoms with Crippen molar-refractivity contribution in [2.75, 3.05) is 6.61 Å². The molecule has 1 aromatic rings. The summed E-state index contributed by atoms with van der Waals surface area (Å²) >= 11 is 6.04. The smallest absolute Gasteiger partial charge is 0.489 e. The molecule has 0 bridgehead atoms. The van der Waals surface area contributed by atoms with Crippen LogP contribution in [0.4, 0.5) is 0 Å². The molecule has 0 fully saturated rings. The summed E-state index contributed by atoms with van der Waals surface area (Å²) in [6.45, 7) is 1.90. The van der Waals surface area contributed by atoms with E-state index in [0.29, 0.717) is 22.8 Å². The number of benzene rings is 1. The zero-order valence-corrected chi connectivity index (χ0v) is 10.6. The lowest BCUT2D eigenvalue weighted by Gasteiger charge is -2.17. The Morgan fingerprint density at radius 2 is 2.44 bits per heavy atom. The van der Waals surface area contributed by atoms with Crippen LogP contribution in [0.2, 0.25) is 5.02 Å². The van der Waals surface area contributed by atoms with Crippen LogP contribution in [0.25, 0.3) is 0 Å². The maximum Gasteiger partial charge on any atom is 0.491 e. The van der Waals surface area contributed by atoms with E-state index in [9.17, 15) is 5.02 Å². The maximum absolute atomic E-state index is 9.57. The highest BCUT2D eigenvalue weighted by Gasteiger charge is 2.29. The highest BCUT2D eigenvalue weighted by atomic mass is 35.5. The average molecular weight is 266 g/mol. The number of hydrogen-bond donors (Lipinski definition) is 2. The zero-order valence-electron chi connectivity index (χ0n) is 9.81. The van der Waals surface area contributed by atoms with E-state index in [4.69, 9.17) is 32.0 Å². The van der Waals surface area contributed by atoms with E-state index < -0.39 is 12.7 Å². The molecule has 7 heteroatoms. The van der Waals surface area contributed by atoms with Gasteiger partial charge in [-0.2, -0.15) is 5.26 Å². The molecule has 18 heavy (non-hydrogen) atoms. The third-order valence-corrected chi connectivity index (χ3v) is 2.93. The molecule has 0 saturated carbocycles. The number of rotatable bonds is 3. The third kappa shape index (κ3) is 2.60. The molecule has 1 heterocycles. The van der Waals surface area contributed by atoms with Crippen molar-refractivity contribution >= 4 is 24.2 Å². The SMILES string of the molecule is C[C@@](N)(C#N)COc1cc2c(cc1Cl)COB2O. The third-order valence-electron chi connectivity index (χ3n) is 2.64. The predicted octanol–water partition coefficient (Wildman–Crippen LogP) is 0.177. The quantitative estimate of drug-likeness (QED) is 0.762. The molecule has 1 aliphatic heterocycles. The van der Waals surface area contributed by atoms with Crippen LogP contribution < -0.4 is 15.9 Å². The predicted molar refractivity (Wildman–Crippen MR) is 67.5 cm³/mol. The number of hydrogen-bond acceptors (Lipinski definition) is 5. The molecule has 3 N–H and O–H groups in total. The zero-order chi connectivity index (χ0) is 13.3. The number of nitrogens with zero attached hydrogens (tertiary/aromatic N) is 1. The van der Waals surface area contributed by atoms with Gasteiger partial charge in [0, 0.05) is 0 Å². The summed E-state index contributed by atoms with van der Waals surface area (Å²) in [7, 11) is -0.958. The molecular weight excluding hydrogens is 254 g/mol. The van der Waals surface area contributed by atoms with Gasteiger partial charge in [0.1, 0.15) is 17.9 Å². The minimum absolute atomic E-state index is 0.0129. The van der Waals surface area contributed by atoms with E-state index in [1.165, 1.54) is 0 Å². The van der Waals surface area contributed by atoms with Gasteiger partial charge in [0.15, 0.2) is 0 Å². The van der Waals surface area contributed by atoms with Crippen molar-refractivity contribution in [3.63, 3.8) is 0 Å². The number of fused-ring (bicyclic) bond motifs is 1. The molecule has 0 aliphatic carbocycles. The highest BCUT2D eigenvalue weighted by molar-refractivity contribution is 6.61. The molecule has 0 radical (unpaired) electrons. The van der Waals surface area contributed by atoms with Crippen LogP contribution in [-0.2, 0) is 11.3 Å². The Morgan fingerprint density at radius 3 is 3.11 bits per heavy atom. The van der Waals surface area contributed by atoms with Gasteiger partial charge in [0.05, 0.1) is 17.7 Å². The fourth-order valence-corrected chi connectivity index (χ4v) is 1.84. The van der Waals surface area contributed by atoms with Gasteiger partial charge in [0.25, 0.3) is 0 Å². The van der Waals surface area contributed by atoms with Crippen molar-refractivity contribution in [2.24, 2.45) is 5.73 Å². The van der Waals surface area contributed by atoms with E-state index in [0.717, 1.165) is 5.56 Å². The molecule has 0 aromatic heterocycles. The van der Waals surface area contributed by atoms with Gasteiger partial charge in [-0.05, 0) is 30.1 Å². The summed E-state index contributed by atoms with van der Waals surface area (Å²) in [6.07, 6.45) is 0. The van der Waals surface area contributed by atoms with E-state index in [-0.39, 0.29) is 6.61 Å². The first-order valence-electron chi connectivity index (χ1n) is 5.38. The van der Waals surface area contributed by atoms with Crippen molar-refractivity contribution in [1.29, 1.82) is 5.26 Å². The van der Waals surface area contributed by atoms with Crippen molar-refractivity contribution < 1.29 is 14.4 Å². The molecule has 1 aromatic carbocycles. The van der Waals surface area contributed by atoms with Crippen LogP contribution in [0.3, 0.4) is 0 Å². The Bertz CT molecular complexity index is 516. The Labute approximate surface area is 110 Å². The van der Waals surface area contributed by atoms with Crippen LogP contribution in [0.1, 0.15) is 12.5 Å². The van der Waals surface area contributed by atoms with E-state index in [2.05, 4.69) is 0 Å². The first-order chi connectivity index (χ1) is 8.43. The molecule has 0 saturated heterocycles. The molecule has 0 unspecified atom stereocenters. The Morgan fingerprint density at radius 1 is 1.72 bits per heavy atom. The lowest BCUT2D eigenvalue weighted by Crippen LogP contribution is -2.40. The molecule has 2 rings (SSSR count). The molecule has 94 valence electrons. The van der Waals surface area contributed by atoms with Crippen LogP contribution in [0, 0.1) is 11.3 Å². The fourth-order valence-electron chi connectivity index (χ4n) is 1.59. The van der Waals surface area contributed by atoms with Crippen LogP contribution in [0.15, 0.2) is 12.1 Å². The maximum atomic E-state index is 9.57. The van der Waals surface area contributed by atoms with Crippen LogP contribution >= 0.6 is 11.6 Å². The van der Waals surface area contributed by atoms with Crippen LogP contribution in [-0.4, -0.2) is 24.3 Å². The standard InChI is InChI=1S/C11H12BClN2O3/c1-11(15,5-14)6-17-10-3-8-7(2-9(10)13)4-18-12(8)16/h2-3,16H,4,6,15H2,1H3/t11-/m1/s1. The number of halogens is 1. The monoisotopic (exact) mass is 266 g/mol. The summed E-state index contributed by atoms with van der Waals surface area (Å²) in [5.74, 6) is 0.381. The number of ether oxygens (including phenoxy) is 1. The van der Waals surface area contributed by atoms with E-state index >= 15 is 0 Å². The second-order valence-corrected chi connectivity index (χ2v) is 4.87. The second-order valence-electron chi connectivity index (χ2n) is 4.46. The molecular formula is C11H12BClN2O3.